The fourth-order valence-corrected chi connectivity index (χ4v) is 5.81. The summed E-state index contributed by atoms with van der Waals surface area (Å²) in [6.45, 7) is 7.18. The van der Waals surface area contributed by atoms with Gasteiger partial charge in [-0.25, -0.2) is 9.97 Å². The summed E-state index contributed by atoms with van der Waals surface area (Å²) < 4.78 is 21.6. The van der Waals surface area contributed by atoms with E-state index < -0.39 is 0 Å². The Morgan fingerprint density at radius 1 is 0.646 bits per heavy atom. The molecule has 2 aromatic heterocycles. The zero-order chi connectivity index (χ0) is 34.6. The maximum Gasteiger partial charge on any atom is 0.214 e. The third-order valence-corrected chi connectivity index (χ3v) is 9.15. The summed E-state index contributed by atoms with van der Waals surface area (Å²) in [4.78, 5) is 10.4. The van der Waals surface area contributed by atoms with E-state index in [0.717, 1.165) is 44.4 Å². The first kappa shape index (κ1) is 38.6. The van der Waals surface area contributed by atoms with Crippen molar-refractivity contribution in [3.8, 4) is 29.0 Å². The zero-order valence-electron chi connectivity index (χ0n) is 28.0. The van der Waals surface area contributed by atoms with E-state index in [2.05, 4.69) is 51.9 Å². The Hall–Kier alpha value is -3.86. The van der Waals surface area contributed by atoms with Gasteiger partial charge in [0.2, 0.25) is 11.8 Å². The highest BCUT2D eigenvalue weighted by Crippen LogP contribution is 2.30. The van der Waals surface area contributed by atoms with Crippen LogP contribution in [0, 0.1) is 6.92 Å². The number of aryl methyl sites for hydroxylation is 1. The van der Waals surface area contributed by atoms with Gasteiger partial charge in [-0.2, -0.15) is 0 Å². The van der Waals surface area contributed by atoms with Crippen molar-refractivity contribution in [3.05, 3.63) is 126 Å². The first-order valence-corrected chi connectivity index (χ1v) is 18.5. The normalized spacial score (nSPS) is 10.1. The minimum absolute atomic E-state index is 0.189. The van der Waals surface area contributed by atoms with Gasteiger partial charge in [-0.3, -0.25) is 0 Å². The van der Waals surface area contributed by atoms with Crippen molar-refractivity contribution in [2.24, 2.45) is 0 Å². The molecule has 0 atom stereocenters. The molecule has 0 unspecified atom stereocenters. The monoisotopic (exact) mass is 750 g/mol. The molecule has 0 aliphatic heterocycles. The summed E-state index contributed by atoms with van der Waals surface area (Å²) in [5.74, 6) is 4.96. The molecule has 0 radical (unpaired) electrons. The summed E-state index contributed by atoms with van der Waals surface area (Å²) in [5, 5.41) is 10.6. The largest absolute Gasteiger partial charge is 0.505 e. The van der Waals surface area contributed by atoms with E-state index in [1.807, 2.05) is 85.9 Å². The van der Waals surface area contributed by atoms with Gasteiger partial charge < -0.3 is 24.1 Å². The minimum Gasteiger partial charge on any atom is -0.505 e. The Kier molecular flexibility index (Phi) is 17.6. The van der Waals surface area contributed by atoms with Crippen molar-refractivity contribution in [1.29, 1.82) is 0 Å². The van der Waals surface area contributed by atoms with Gasteiger partial charge in [0.05, 0.1) is 25.3 Å². The second kappa shape index (κ2) is 21.9. The third-order valence-electron chi connectivity index (χ3n) is 6.54. The molecule has 254 valence electrons. The number of rotatable bonds is 13. The van der Waals surface area contributed by atoms with Gasteiger partial charge in [0.15, 0.2) is 0 Å². The average Bonchev–Trinajstić information content (AvgIpc) is 3.13. The van der Waals surface area contributed by atoms with E-state index in [-0.39, 0.29) is 5.75 Å². The number of aromatic hydroxyl groups is 1. The molecule has 3 aromatic carbocycles. The van der Waals surface area contributed by atoms with Crippen LogP contribution in [0.2, 0.25) is 0 Å². The van der Waals surface area contributed by atoms with Crippen LogP contribution in [-0.2, 0) is 18.5 Å². The zero-order valence-corrected chi connectivity index (χ0v) is 31.2. The summed E-state index contributed by atoms with van der Waals surface area (Å²) in [6.07, 6.45) is 3.28. The van der Waals surface area contributed by atoms with E-state index in [4.69, 9.17) is 18.9 Å². The summed E-state index contributed by atoms with van der Waals surface area (Å²) >= 11 is 6.72. The van der Waals surface area contributed by atoms with Gasteiger partial charge in [0.1, 0.15) is 30.5 Å². The van der Waals surface area contributed by atoms with Gasteiger partial charge in [-0.05, 0) is 64.9 Å². The molecule has 10 heteroatoms. The van der Waals surface area contributed by atoms with Gasteiger partial charge in [0.25, 0.3) is 0 Å². The number of nitrogens with zero attached hydrogens (tertiary/aromatic N) is 2. The van der Waals surface area contributed by atoms with Crippen LogP contribution >= 0.6 is 39.5 Å². The predicted octanol–water partition coefficient (Wildman–Crippen LogP) is 10.2. The highest BCUT2D eigenvalue weighted by atomic mass is 79.9. The molecule has 7 nitrogen and oxygen atoms in total. The summed E-state index contributed by atoms with van der Waals surface area (Å²) in [5.41, 5.74) is 4.64. The van der Waals surface area contributed by atoms with Crippen LogP contribution in [0.4, 0.5) is 0 Å². The topological polar surface area (TPSA) is 82.9 Å². The van der Waals surface area contributed by atoms with E-state index >= 15 is 0 Å². The molecule has 0 fully saturated rings. The van der Waals surface area contributed by atoms with Crippen molar-refractivity contribution in [3.63, 3.8) is 0 Å². The first-order chi connectivity index (χ1) is 23.4. The SMILES string of the molecule is BrCc1ccccc1.CCSc1cc(OCc2ccc(OC)cc2)ncc1C.CCSc1cc(OCc2ccc(OC)cc2)ncc1O. The number of pyridine rings is 2. The van der Waals surface area contributed by atoms with Crippen molar-refractivity contribution in [2.75, 3.05) is 25.7 Å². The molecule has 1 N–H and O–H groups in total. The molecule has 48 heavy (non-hydrogen) atoms. The second-order valence-corrected chi connectivity index (χ2v) is 13.2. The Bertz CT molecular complexity index is 1520. The highest BCUT2D eigenvalue weighted by molar-refractivity contribution is 9.08. The smallest absolute Gasteiger partial charge is 0.214 e. The van der Waals surface area contributed by atoms with Crippen LogP contribution in [0.1, 0.15) is 36.1 Å². The lowest BCUT2D eigenvalue weighted by molar-refractivity contribution is 0.291. The summed E-state index contributed by atoms with van der Waals surface area (Å²) in [6, 6.07) is 29.6. The maximum atomic E-state index is 9.66. The average molecular weight is 752 g/mol. The Balaban J connectivity index is 0.000000212. The number of hydrogen-bond acceptors (Lipinski definition) is 9. The second-order valence-electron chi connectivity index (χ2n) is 10.0. The number of hydrogen-bond donors (Lipinski definition) is 1. The van der Waals surface area contributed by atoms with Gasteiger partial charge in [0, 0.05) is 28.6 Å². The molecule has 5 aromatic rings. The number of thioether (sulfide) groups is 2. The highest BCUT2D eigenvalue weighted by Gasteiger charge is 2.06. The number of alkyl halides is 1. The van der Waals surface area contributed by atoms with Crippen LogP contribution in [0.5, 0.6) is 29.0 Å². The van der Waals surface area contributed by atoms with Crippen LogP contribution in [0.25, 0.3) is 0 Å². The minimum atomic E-state index is 0.189. The first-order valence-electron chi connectivity index (χ1n) is 15.4. The molecule has 0 spiro atoms. The molecule has 0 amide bonds. The van der Waals surface area contributed by atoms with Gasteiger partial charge in [-0.15, -0.1) is 23.5 Å². The Morgan fingerprint density at radius 3 is 1.58 bits per heavy atom. The van der Waals surface area contributed by atoms with Gasteiger partial charge >= 0.3 is 0 Å². The van der Waals surface area contributed by atoms with E-state index in [1.54, 1.807) is 43.8 Å². The number of ether oxygens (including phenoxy) is 4. The molecular formula is C38H43BrN2O5S2. The predicted molar refractivity (Wildman–Crippen MR) is 201 cm³/mol. The third kappa shape index (κ3) is 13.7. The molecule has 0 saturated carbocycles. The fourth-order valence-electron chi connectivity index (χ4n) is 3.96. The lowest BCUT2D eigenvalue weighted by Gasteiger charge is -2.09. The number of halogens is 1. The van der Waals surface area contributed by atoms with Crippen LogP contribution in [0.3, 0.4) is 0 Å². The molecule has 0 aliphatic rings. The van der Waals surface area contributed by atoms with E-state index in [0.29, 0.717) is 25.0 Å². The van der Waals surface area contributed by atoms with E-state index in [9.17, 15) is 5.11 Å². The van der Waals surface area contributed by atoms with E-state index in [1.165, 1.54) is 22.2 Å². The number of aromatic nitrogens is 2. The Morgan fingerprint density at radius 2 is 1.12 bits per heavy atom. The Labute approximate surface area is 301 Å². The molecule has 0 saturated heterocycles. The van der Waals surface area contributed by atoms with Crippen molar-refractivity contribution < 1.29 is 24.1 Å². The van der Waals surface area contributed by atoms with Crippen LogP contribution in [0.15, 0.2) is 113 Å². The lowest BCUT2D eigenvalue weighted by Crippen LogP contribution is -1.98. The molecule has 0 bridgehead atoms. The maximum absolute atomic E-state index is 9.66. The van der Waals surface area contributed by atoms with Crippen molar-refractivity contribution in [2.45, 2.75) is 49.1 Å². The summed E-state index contributed by atoms with van der Waals surface area (Å²) in [7, 11) is 3.30. The number of benzene rings is 3. The molecular weight excluding hydrogens is 708 g/mol. The van der Waals surface area contributed by atoms with Crippen LogP contribution < -0.4 is 18.9 Å². The standard InChI is InChI=1S/C16H19NO2S.C15H17NO3S.C7H7Br/c1-4-20-15-9-16(17-10-12(15)2)19-11-13-5-7-14(18-3)8-6-13;1-3-20-14-8-15(16-9-13(14)17)19-10-11-4-6-12(18-2)7-5-11;8-6-7-4-2-1-3-5-7/h5-10H,4,11H2,1-3H3;4-9,17H,3,10H2,1-2H3;1-5H,6H2. The molecule has 5 rings (SSSR count). The quantitative estimate of drug-likeness (QED) is 0.0934. The fraction of sp³-hybridized carbons (Fsp3) is 0.263. The molecule has 2 heterocycles. The lowest BCUT2D eigenvalue weighted by atomic mass is 10.2. The van der Waals surface area contributed by atoms with Crippen molar-refractivity contribution in [1.82, 2.24) is 9.97 Å². The number of methoxy groups -OCH3 is 2. The molecule has 0 aliphatic carbocycles. The van der Waals surface area contributed by atoms with Crippen molar-refractivity contribution >= 4 is 39.5 Å². The van der Waals surface area contributed by atoms with Gasteiger partial charge in [-0.1, -0.05) is 84.4 Å². The van der Waals surface area contributed by atoms with Crippen LogP contribution in [-0.4, -0.2) is 40.8 Å².